The number of Topliss-reactive ketones (excluding diaryl/α,β-unsaturated/α-hetero) is 1. The molecule has 0 atom stereocenters. The van der Waals surface area contributed by atoms with Crippen LogP contribution in [0.1, 0.15) is 33.6 Å². The SMILES string of the molecule is Cc1c(C(=O)c2ccccc2)c2cc(OCC(=O)CC#N)ccc2n1Cc1ccccc1. The van der Waals surface area contributed by atoms with Crippen molar-refractivity contribution in [2.45, 2.75) is 19.9 Å². The van der Waals surface area contributed by atoms with Crippen LogP contribution in [0.3, 0.4) is 0 Å². The van der Waals surface area contributed by atoms with Gasteiger partial charge in [0.05, 0.1) is 18.1 Å². The first-order chi connectivity index (χ1) is 15.6. The van der Waals surface area contributed by atoms with Crippen molar-refractivity contribution in [2.75, 3.05) is 6.61 Å². The quantitative estimate of drug-likeness (QED) is 0.371. The van der Waals surface area contributed by atoms with Crippen LogP contribution in [0.25, 0.3) is 10.9 Å². The summed E-state index contributed by atoms with van der Waals surface area (Å²) >= 11 is 0. The largest absolute Gasteiger partial charge is 0.486 e. The van der Waals surface area contributed by atoms with Crippen molar-refractivity contribution >= 4 is 22.5 Å². The molecule has 5 nitrogen and oxygen atoms in total. The Balaban J connectivity index is 1.80. The van der Waals surface area contributed by atoms with Gasteiger partial charge in [0.15, 0.2) is 11.6 Å². The number of carbonyl (C=O) groups excluding carboxylic acids is 2. The Morgan fingerprint density at radius 2 is 1.66 bits per heavy atom. The minimum atomic E-state index is -0.286. The lowest BCUT2D eigenvalue weighted by Gasteiger charge is -2.09. The third-order valence-electron chi connectivity index (χ3n) is 5.42. The Kier molecular flexibility index (Phi) is 6.14. The molecular weight excluding hydrogens is 400 g/mol. The van der Waals surface area contributed by atoms with Gasteiger partial charge in [0.1, 0.15) is 12.4 Å². The summed E-state index contributed by atoms with van der Waals surface area (Å²) in [5.74, 6) is 0.145. The average molecular weight is 422 g/mol. The Hall–Kier alpha value is -4.17. The lowest BCUT2D eigenvalue weighted by molar-refractivity contribution is -0.120. The van der Waals surface area contributed by atoms with E-state index in [4.69, 9.17) is 10.00 Å². The lowest BCUT2D eigenvalue weighted by Crippen LogP contribution is -2.10. The molecule has 0 amide bonds. The second-order valence-electron chi connectivity index (χ2n) is 7.57. The van der Waals surface area contributed by atoms with Crippen molar-refractivity contribution < 1.29 is 14.3 Å². The van der Waals surface area contributed by atoms with Crippen molar-refractivity contribution in [3.8, 4) is 11.8 Å². The van der Waals surface area contributed by atoms with Crippen LogP contribution in [0.15, 0.2) is 78.9 Å². The van der Waals surface area contributed by atoms with E-state index in [1.807, 2.05) is 67.6 Å². The number of nitriles is 1. The fraction of sp³-hybridized carbons (Fsp3) is 0.148. The molecule has 0 aliphatic carbocycles. The Morgan fingerprint density at radius 1 is 0.969 bits per heavy atom. The Labute approximate surface area is 186 Å². The van der Waals surface area contributed by atoms with Gasteiger partial charge in [-0.2, -0.15) is 5.26 Å². The smallest absolute Gasteiger partial charge is 0.195 e. The third kappa shape index (κ3) is 4.30. The average Bonchev–Trinajstić information content (AvgIpc) is 3.09. The predicted molar refractivity (Wildman–Crippen MR) is 123 cm³/mol. The van der Waals surface area contributed by atoms with Gasteiger partial charge in [0, 0.05) is 28.7 Å². The van der Waals surface area contributed by atoms with Gasteiger partial charge in [-0.15, -0.1) is 0 Å². The molecule has 0 saturated heterocycles. The maximum Gasteiger partial charge on any atom is 0.195 e. The number of hydrogen-bond donors (Lipinski definition) is 0. The van der Waals surface area contributed by atoms with E-state index in [1.54, 1.807) is 12.1 Å². The molecule has 0 bridgehead atoms. The molecule has 5 heteroatoms. The normalized spacial score (nSPS) is 10.6. The molecular formula is C27H22N2O3. The first-order valence-electron chi connectivity index (χ1n) is 10.4. The zero-order valence-electron chi connectivity index (χ0n) is 17.7. The number of benzene rings is 3. The van der Waals surface area contributed by atoms with Gasteiger partial charge in [-0.1, -0.05) is 60.7 Å². The molecule has 4 aromatic rings. The van der Waals surface area contributed by atoms with Crippen LogP contribution < -0.4 is 4.74 Å². The number of nitrogens with zero attached hydrogens (tertiary/aromatic N) is 2. The van der Waals surface area contributed by atoms with Crippen LogP contribution in [0, 0.1) is 18.3 Å². The number of rotatable bonds is 8. The summed E-state index contributed by atoms with van der Waals surface area (Å²) in [5.41, 5.74) is 4.16. The van der Waals surface area contributed by atoms with E-state index in [2.05, 4.69) is 16.7 Å². The van der Waals surface area contributed by atoms with Crippen LogP contribution >= 0.6 is 0 Å². The minimum Gasteiger partial charge on any atom is -0.486 e. The molecule has 4 rings (SSSR count). The van der Waals surface area contributed by atoms with Crippen molar-refractivity contribution in [1.82, 2.24) is 4.57 Å². The number of ether oxygens (including phenoxy) is 1. The van der Waals surface area contributed by atoms with Crippen molar-refractivity contribution in [1.29, 1.82) is 5.26 Å². The van der Waals surface area contributed by atoms with E-state index in [0.29, 0.717) is 23.4 Å². The molecule has 158 valence electrons. The number of hydrogen-bond acceptors (Lipinski definition) is 4. The molecule has 0 unspecified atom stereocenters. The van der Waals surface area contributed by atoms with Crippen LogP contribution in [0.5, 0.6) is 5.75 Å². The minimum absolute atomic E-state index is 0.0578. The van der Waals surface area contributed by atoms with E-state index in [-0.39, 0.29) is 24.6 Å². The highest BCUT2D eigenvalue weighted by atomic mass is 16.5. The standard InChI is InChI=1S/C27H22N2O3/c1-19-26(27(31)21-10-6-3-7-11-21)24-16-23(32-18-22(30)14-15-28)12-13-25(24)29(19)17-20-8-4-2-5-9-20/h2-13,16H,14,17-18H2,1H3. The van der Waals surface area contributed by atoms with E-state index in [0.717, 1.165) is 22.2 Å². The summed E-state index contributed by atoms with van der Waals surface area (Å²) < 4.78 is 7.75. The number of fused-ring (bicyclic) bond motifs is 1. The molecule has 0 aliphatic heterocycles. The molecule has 0 N–H and O–H groups in total. The van der Waals surface area contributed by atoms with Gasteiger partial charge in [-0.3, -0.25) is 9.59 Å². The molecule has 32 heavy (non-hydrogen) atoms. The first kappa shape index (κ1) is 21.1. The molecule has 3 aromatic carbocycles. The highest BCUT2D eigenvalue weighted by Gasteiger charge is 2.22. The second kappa shape index (κ2) is 9.32. The van der Waals surface area contributed by atoms with Crippen LogP contribution in [-0.2, 0) is 11.3 Å². The summed E-state index contributed by atoms with van der Waals surface area (Å²) in [6, 6.07) is 26.6. The van der Waals surface area contributed by atoms with Crippen molar-refractivity contribution in [3.63, 3.8) is 0 Å². The van der Waals surface area contributed by atoms with Gasteiger partial charge in [0.2, 0.25) is 0 Å². The van der Waals surface area contributed by atoms with Gasteiger partial charge >= 0.3 is 0 Å². The monoisotopic (exact) mass is 422 g/mol. The van der Waals surface area contributed by atoms with Crippen LogP contribution in [-0.4, -0.2) is 22.7 Å². The summed E-state index contributed by atoms with van der Waals surface area (Å²) in [4.78, 5) is 25.2. The fourth-order valence-electron chi connectivity index (χ4n) is 3.84. The van der Waals surface area contributed by atoms with E-state index < -0.39 is 0 Å². The third-order valence-corrected chi connectivity index (χ3v) is 5.42. The summed E-state index contributed by atoms with van der Waals surface area (Å²) in [7, 11) is 0. The molecule has 1 aromatic heterocycles. The molecule has 0 spiro atoms. The second-order valence-corrected chi connectivity index (χ2v) is 7.57. The van der Waals surface area contributed by atoms with Crippen LogP contribution in [0.2, 0.25) is 0 Å². The molecule has 0 saturated carbocycles. The highest BCUT2D eigenvalue weighted by Crippen LogP contribution is 2.32. The van der Waals surface area contributed by atoms with Gasteiger partial charge in [-0.25, -0.2) is 0 Å². The Bertz CT molecular complexity index is 1320. The molecule has 0 aliphatic rings. The zero-order valence-corrected chi connectivity index (χ0v) is 17.7. The maximum absolute atomic E-state index is 13.5. The maximum atomic E-state index is 13.5. The summed E-state index contributed by atoms with van der Waals surface area (Å²) in [6.45, 7) is 2.41. The molecule has 0 radical (unpaired) electrons. The van der Waals surface area contributed by atoms with Gasteiger partial charge < -0.3 is 9.30 Å². The predicted octanol–water partition coefficient (Wildman–Crippen LogP) is 5.09. The highest BCUT2D eigenvalue weighted by molar-refractivity contribution is 6.17. The van der Waals surface area contributed by atoms with Gasteiger partial charge in [-0.05, 0) is 30.7 Å². The number of carbonyl (C=O) groups is 2. The van der Waals surface area contributed by atoms with Crippen LogP contribution in [0.4, 0.5) is 0 Å². The zero-order chi connectivity index (χ0) is 22.5. The van der Waals surface area contributed by atoms with Gasteiger partial charge in [0.25, 0.3) is 0 Å². The van der Waals surface area contributed by atoms with Crippen molar-refractivity contribution in [3.05, 3.63) is 101 Å². The fourth-order valence-corrected chi connectivity index (χ4v) is 3.84. The van der Waals surface area contributed by atoms with Crippen molar-refractivity contribution in [2.24, 2.45) is 0 Å². The lowest BCUT2D eigenvalue weighted by atomic mass is 10.0. The Morgan fingerprint density at radius 3 is 2.34 bits per heavy atom. The number of aromatic nitrogens is 1. The topological polar surface area (TPSA) is 72.1 Å². The van der Waals surface area contributed by atoms with E-state index >= 15 is 0 Å². The molecule has 0 fully saturated rings. The number of ketones is 2. The molecule has 1 heterocycles. The summed E-state index contributed by atoms with van der Waals surface area (Å²) in [6.07, 6.45) is -0.188. The van der Waals surface area contributed by atoms with E-state index in [9.17, 15) is 9.59 Å². The summed E-state index contributed by atoms with van der Waals surface area (Å²) in [5, 5.41) is 9.44. The van der Waals surface area contributed by atoms with E-state index in [1.165, 1.54) is 0 Å². The first-order valence-corrected chi connectivity index (χ1v) is 10.4.